The van der Waals surface area contributed by atoms with Crippen LogP contribution in [0.15, 0.2) is 18.2 Å². The van der Waals surface area contributed by atoms with Crippen LogP contribution in [0.4, 0.5) is 0 Å². The Bertz CT molecular complexity index is 439. The lowest BCUT2D eigenvalue weighted by molar-refractivity contribution is -0.257. The molecule has 0 fully saturated rings. The highest BCUT2D eigenvalue weighted by molar-refractivity contribution is 5.37. The van der Waals surface area contributed by atoms with Crippen LogP contribution in [0.5, 0.6) is 5.75 Å². The maximum absolute atomic E-state index is 10.00. The molecule has 1 rings (SSSR count). The molecule has 6 nitrogen and oxygen atoms in total. The summed E-state index contributed by atoms with van der Waals surface area (Å²) in [5, 5.41) is 50.7. The minimum absolute atomic E-state index is 0.122. The molecular weight excluding hydrogens is 250 g/mol. The number of hydrogen-bond donors (Lipinski definition) is 6. The van der Waals surface area contributed by atoms with E-state index in [1.807, 2.05) is 0 Å². The Hall–Kier alpha value is -1.18. The highest BCUT2D eigenvalue weighted by Gasteiger charge is 2.37. The molecule has 1 aromatic rings. The third kappa shape index (κ3) is 4.15. The zero-order valence-electron chi connectivity index (χ0n) is 11.3. The molecule has 0 amide bonds. The summed E-state index contributed by atoms with van der Waals surface area (Å²) in [5.74, 6) is -2.65. The van der Waals surface area contributed by atoms with E-state index in [0.29, 0.717) is 0 Å². The van der Waals surface area contributed by atoms with Gasteiger partial charge in [0, 0.05) is 11.1 Å². The van der Waals surface area contributed by atoms with Gasteiger partial charge in [-0.15, -0.1) is 0 Å². The van der Waals surface area contributed by atoms with E-state index in [1.165, 1.54) is 18.2 Å². The van der Waals surface area contributed by atoms with Crippen molar-refractivity contribution in [2.75, 3.05) is 0 Å². The minimum Gasteiger partial charge on any atom is -0.508 e. The van der Waals surface area contributed by atoms with E-state index in [4.69, 9.17) is 5.11 Å². The zero-order valence-corrected chi connectivity index (χ0v) is 11.3. The molecular formula is C13H21NO5. The van der Waals surface area contributed by atoms with Crippen molar-refractivity contribution in [3.8, 4) is 5.75 Å². The normalized spacial score (nSPS) is 14.5. The number of aliphatic hydroxyl groups is 4. The molecule has 0 radical (unpaired) electrons. The number of aromatic hydroxyl groups is 1. The van der Waals surface area contributed by atoms with E-state index < -0.39 is 24.2 Å². The lowest BCUT2D eigenvalue weighted by Gasteiger charge is -2.35. The molecule has 0 heterocycles. The fourth-order valence-electron chi connectivity index (χ4n) is 1.75. The molecule has 0 aliphatic carbocycles. The smallest absolute Gasteiger partial charge is 0.254 e. The summed E-state index contributed by atoms with van der Waals surface area (Å²) < 4.78 is 0. The van der Waals surface area contributed by atoms with Crippen molar-refractivity contribution in [2.45, 2.75) is 44.9 Å². The Balaban J connectivity index is 3.02. The monoisotopic (exact) mass is 271 g/mol. The summed E-state index contributed by atoms with van der Waals surface area (Å²) in [7, 11) is 0. The fourth-order valence-corrected chi connectivity index (χ4v) is 1.75. The van der Waals surface area contributed by atoms with E-state index in [0.717, 1.165) is 0 Å². The Morgan fingerprint density at radius 3 is 2.26 bits per heavy atom. The molecule has 0 spiro atoms. The average molecular weight is 271 g/mol. The zero-order chi connectivity index (χ0) is 14.8. The van der Waals surface area contributed by atoms with Crippen LogP contribution in [-0.2, 0) is 6.61 Å². The number of phenols is 1. The molecule has 0 unspecified atom stereocenters. The predicted molar refractivity (Wildman–Crippen MR) is 69.0 cm³/mol. The highest BCUT2D eigenvalue weighted by atomic mass is 16.5. The Morgan fingerprint density at radius 2 is 1.79 bits per heavy atom. The summed E-state index contributed by atoms with van der Waals surface area (Å²) in [6.07, 6.45) is -1.63. The lowest BCUT2D eigenvalue weighted by atomic mass is 10.0. The maximum Gasteiger partial charge on any atom is 0.254 e. The number of rotatable bonds is 4. The second kappa shape index (κ2) is 5.44. The maximum atomic E-state index is 10.00. The van der Waals surface area contributed by atoms with Crippen LogP contribution in [0.25, 0.3) is 0 Å². The minimum atomic E-state index is -2.53. The first kappa shape index (κ1) is 15.9. The molecule has 0 aliphatic rings. The van der Waals surface area contributed by atoms with Gasteiger partial charge in [-0.05, 0) is 38.5 Å². The first-order valence-corrected chi connectivity index (χ1v) is 5.91. The summed E-state index contributed by atoms with van der Waals surface area (Å²) in [5.41, 5.74) is -0.256. The Morgan fingerprint density at radius 1 is 1.21 bits per heavy atom. The van der Waals surface area contributed by atoms with E-state index in [-0.39, 0.29) is 16.9 Å². The molecule has 6 heteroatoms. The van der Waals surface area contributed by atoms with Gasteiger partial charge in [0.05, 0.1) is 6.61 Å². The van der Waals surface area contributed by atoms with Crippen molar-refractivity contribution in [2.24, 2.45) is 0 Å². The number of benzene rings is 1. The molecule has 0 saturated carbocycles. The van der Waals surface area contributed by atoms with Crippen molar-refractivity contribution in [1.29, 1.82) is 0 Å². The summed E-state index contributed by atoms with van der Waals surface area (Å²) in [4.78, 5) is 0. The molecule has 1 atom stereocenters. The van der Waals surface area contributed by atoms with Crippen molar-refractivity contribution in [1.82, 2.24) is 5.32 Å². The van der Waals surface area contributed by atoms with Crippen molar-refractivity contribution < 1.29 is 25.5 Å². The Kier molecular flexibility index (Phi) is 4.54. The standard InChI is InChI=1S/C13H21NO5/c1-12(2,3)14-13(18,19)11(17)8-4-5-10(16)9(6-8)7-15/h4-6,11,14-19H,7H2,1-3H3/t11-/m0/s1. The van der Waals surface area contributed by atoms with Gasteiger partial charge in [-0.25, -0.2) is 0 Å². The van der Waals surface area contributed by atoms with Gasteiger partial charge in [-0.3, -0.25) is 5.32 Å². The molecule has 108 valence electrons. The molecule has 1 aromatic carbocycles. The van der Waals surface area contributed by atoms with Crippen molar-refractivity contribution >= 4 is 0 Å². The molecule has 19 heavy (non-hydrogen) atoms. The number of nitrogens with one attached hydrogen (secondary N) is 1. The van der Waals surface area contributed by atoms with Gasteiger partial charge in [0.1, 0.15) is 11.9 Å². The van der Waals surface area contributed by atoms with Crippen LogP contribution in [-0.4, -0.2) is 37.0 Å². The quantitative estimate of drug-likeness (QED) is 0.428. The van der Waals surface area contributed by atoms with Crippen molar-refractivity contribution in [3.63, 3.8) is 0 Å². The van der Waals surface area contributed by atoms with Crippen molar-refractivity contribution in [3.05, 3.63) is 29.3 Å². The van der Waals surface area contributed by atoms with Crippen LogP contribution in [0.3, 0.4) is 0 Å². The van der Waals surface area contributed by atoms with Crippen LogP contribution >= 0.6 is 0 Å². The molecule has 0 aliphatic heterocycles. The van der Waals surface area contributed by atoms with E-state index in [1.54, 1.807) is 20.8 Å². The lowest BCUT2D eigenvalue weighted by Crippen LogP contribution is -2.57. The molecule has 0 saturated heterocycles. The SMILES string of the molecule is CC(C)(C)NC(O)(O)[C@@H](O)c1ccc(O)c(CO)c1. The van der Waals surface area contributed by atoms with Gasteiger partial charge in [0.15, 0.2) is 0 Å². The number of hydrogen-bond acceptors (Lipinski definition) is 6. The predicted octanol–water partition coefficient (Wildman–Crippen LogP) is -0.0556. The van der Waals surface area contributed by atoms with Crippen LogP contribution < -0.4 is 5.32 Å². The molecule has 6 N–H and O–H groups in total. The third-order valence-corrected chi connectivity index (χ3v) is 2.53. The number of aliphatic hydroxyl groups excluding tert-OH is 2. The molecule has 0 aromatic heterocycles. The highest BCUT2D eigenvalue weighted by Crippen LogP contribution is 2.28. The summed E-state index contributed by atoms with van der Waals surface area (Å²) in [6, 6.07) is 3.94. The van der Waals surface area contributed by atoms with Gasteiger partial charge in [-0.2, -0.15) is 0 Å². The van der Waals surface area contributed by atoms with Crippen LogP contribution in [0.1, 0.15) is 38.0 Å². The average Bonchev–Trinajstić information content (AvgIpc) is 2.25. The first-order valence-electron chi connectivity index (χ1n) is 5.91. The second-order valence-corrected chi connectivity index (χ2v) is 5.55. The second-order valence-electron chi connectivity index (χ2n) is 5.55. The topological polar surface area (TPSA) is 113 Å². The summed E-state index contributed by atoms with van der Waals surface area (Å²) >= 11 is 0. The van der Waals surface area contributed by atoms with E-state index >= 15 is 0 Å². The molecule has 0 bridgehead atoms. The van der Waals surface area contributed by atoms with E-state index in [9.17, 15) is 20.4 Å². The van der Waals surface area contributed by atoms with Gasteiger partial charge >= 0.3 is 0 Å². The van der Waals surface area contributed by atoms with E-state index in [2.05, 4.69) is 5.32 Å². The van der Waals surface area contributed by atoms with Crippen LogP contribution in [0, 0.1) is 0 Å². The summed E-state index contributed by atoms with van der Waals surface area (Å²) in [6.45, 7) is 4.74. The van der Waals surface area contributed by atoms with Gasteiger partial charge in [-0.1, -0.05) is 6.07 Å². The van der Waals surface area contributed by atoms with Gasteiger partial charge in [0.25, 0.3) is 5.91 Å². The Labute approximate surface area is 112 Å². The first-order chi connectivity index (χ1) is 8.57. The largest absolute Gasteiger partial charge is 0.508 e. The third-order valence-electron chi connectivity index (χ3n) is 2.53. The fraction of sp³-hybridized carbons (Fsp3) is 0.538. The van der Waals surface area contributed by atoms with Crippen LogP contribution in [0.2, 0.25) is 0 Å². The van der Waals surface area contributed by atoms with Gasteiger partial charge in [0.2, 0.25) is 0 Å². The van der Waals surface area contributed by atoms with Gasteiger partial charge < -0.3 is 25.5 Å².